The van der Waals surface area contributed by atoms with Gasteiger partial charge >= 0.3 is 0 Å². The van der Waals surface area contributed by atoms with Gasteiger partial charge in [-0.05, 0) is 43.3 Å². The molecule has 1 aromatic rings. The Morgan fingerprint density at radius 3 is 2.80 bits per heavy atom. The van der Waals surface area contributed by atoms with Crippen LogP contribution in [0.3, 0.4) is 0 Å². The lowest BCUT2D eigenvalue weighted by Crippen LogP contribution is -3.14. The molecule has 0 aliphatic carbocycles. The fourth-order valence-electron chi connectivity index (χ4n) is 2.30. The van der Waals surface area contributed by atoms with Crippen molar-refractivity contribution in [3.05, 3.63) is 29.3 Å². The van der Waals surface area contributed by atoms with Crippen LogP contribution >= 0.6 is 12.2 Å². The van der Waals surface area contributed by atoms with Crippen molar-refractivity contribution >= 4 is 23.0 Å². The maximum Gasteiger partial charge on any atom is 0.170 e. The van der Waals surface area contributed by atoms with Crippen molar-refractivity contribution in [2.45, 2.75) is 13.8 Å². The molecule has 0 saturated carbocycles. The molecule has 1 saturated heterocycles. The Morgan fingerprint density at radius 1 is 1.30 bits per heavy atom. The Morgan fingerprint density at radius 2 is 2.05 bits per heavy atom. The van der Waals surface area contributed by atoms with Crippen LogP contribution < -0.4 is 15.5 Å². The summed E-state index contributed by atoms with van der Waals surface area (Å²) in [5.74, 6) is 0. The van der Waals surface area contributed by atoms with Crippen LogP contribution in [0.25, 0.3) is 0 Å². The fraction of sp³-hybridized carbons (Fsp3) is 0.533. The smallest absolute Gasteiger partial charge is 0.170 e. The highest BCUT2D eigenvalue weighted by atomic mass is 32.1. The van der Waals surface area contributed by atoms with E-state index in [1.807, 2.05) is 0 Å². The van der Waals surface area contributed by atoms with Gasteiger partial charge in [-0.3, -0.25) is 0 Å². The van der Waals surface area contributed by atoms with Gasteiger partial charge in [0.25, 0.3) is 0 Å². The van der Waals surface area contributed by atoms with Crippen LogP contribution in [0, 0.1) is 13.8 Å². The van der Waals surface area contributed by atoms with E-state index in [-0.39, 0.29) is 0 Å². The summed E-state index contributed by atoms with van der Waals surface area (Å²) in [6.07, 6.45) is 0. The van der Waals surface area contributed by atoms with Gasteiger partial charge in [0.05, 0.1) is 26.3 Å². The molecule has 20 heavy (non-hydrogen) atoms. The third-order valence-corrected chi connectivity index (χ3v) is 3.85. The van der Waals surface area contributed by atoms with Gasteiger partial charge in [-0.15, -0.1) is 0 Å². The summed E-state index contributed by atoms with van der Waals surface area (Å²) in [6, 6.07) is 6.34. The van der Waals surface area contributed by atoms with Gasteiger partial charge < -0.3 is 20.3 Å². The first kappa shape index (κ1) is 15.2. The number of thiocarbonyl (C=S) groups is 1. The quantitative estimate of drug-likeness (QED) is 0.707. The van der Waals surface area contributed by atoms with Crippen molar-refractivity contribution in [2.24, 2.45) is 0 Å². The molecule has 1 aliphatic heterocycles. The lowest BCUT2D eigenvalue weighted by molar-refractivity contribution is -0.906. The SMILES string of the molecule is Cc1ccc(C)c(NC(=S)NCC[NH+]2CCOCC2)c1. The highest BCUT2D eigenvalue weighted by molar-refractivity contribution is 7.80. The van der Waals surface area contributed by atoms with Crippen LogP contribution in [0.1, 0.15) is 11.1 Å². The second-order valence-corrected chi connectivity index (χ2v) is 5.72. The molecule has 2 rings (SSSR count). The molecule has 0 aromatic heterocycles. The molecular weight excluding hydrogens is 270 g/mol. The second kappa shape index (κ2) is 7.57. The summed E-state index contributed by atoms with van der Waals surface area (Å²) < 4.78 is 5.35. The molecule has 3 N–H and O–H groups in total. The molecule has 1 fully saturated rings. The molecule has 1 aromatic carbocycles. The van der Waals surface area contributed by atoms with Crippen molar-refractivity contribution in [1.82, 2.24) is 5.32 Å². The fourth-order valence-corrected chi connectivity index (χ4v) is 2.51. The molecule has 110 valence electrons. The standard InChI is InChI=1S/C15H23N3OS/c1-12-3-4-13(2)14(11-12)17-15(20)16-5-6-18-7-9-19-10-8-18/h3-4,11H,5-10H2,1-2H3,(H2,16,17,20)/p+1. The van der Waals surface area contributed by atoms with Crippen LogP contribution in [-0.2, 0) is 4.74 Å². The lowest BCUT2D eigenvalue weighted by Gasteiger charge is -2.24. The Kier molecular flexibility index (Phi) is 5.76. The zero-order valence-electron chi connectivity index (χ0n) is 12.3. The van der Waals surface area contributed by atoms with Crippen molar-refractivity contribution < 1.29 is 9.64 Å². The van der Waals surface area contributed by atoms with Crippen LogP contribution in [0.4, 0.5) is 5.69 Å². The van der Waals surface area contributed by atoms with Gasteiger partial charge in [0.15, 0.2) is 5.11 Å². The average Bonchev–Trinajstić information content (AvgIpc) is 2.44. The van der Waals surface area contributed by atoms with Gasteiger partial charge in [-0.1, -0.05) is 12.1 Å². The molecule has 0 radical (unpaired) electrons. The maximum atomic E-state index is 5.35. The minimum absolute atomic E-state index is 0.700. The van der Waals surface area contributed by atoms with Crippen molar-refractivity contribution in [3.63, 3.8) is 0 Å². The van der Waals surface area contributed by atoms with Crippen LogP contribution in [-0.4, -0.2) is 44.5 Å². The summed E-state index contributed by atoms with van der Waals surface area (Å²) in [5, 5.41) is 7.26. The minimum Gasteiger partial charge on any atom is -0.370 e. The number of hydrogen-bond acceptors (Lipinski definition) is 2. The van der Waals surface area contributed by atoms with Crippen LogP contribution in [0.2, 0.25) is 0 Å². The van der Waals surface area contributed by atoms with E-state index in [1.165, 1.54) is 11.1 Å². The third kappa shape index (κ3) is 4.74. The van der Waals surface area contributed by atoms with E-state index in [0.717, 1.165) is 45.1 Å². The van der Waals surface area contributed by atoms with E-state index in [2.05, 4.69) is 42.7 Å². The maximum absolute atomic E-state index is 5.35. The molecule has 0 amide bonds. The Labute approximate surface area is 126 Å². The van der Waals surface area contributed by atoms with Gasteiger partial charge in [-0.2, -0.15) is 0 Å². The third-order valence-electron chi connectivity index (χ3n) is 3.61. The van der Waals surface area contributed by atoms with Crippen molar-refractivity contribution in [3.8, 4) is 0 Å². The number of aryl methyl sites for hydroxylation is 2. The predicted octanol–water partition coefficient (Wildman–Crippen LogP) is 0.505. The Balaban J connectivity index is 1.73. The van der Waals surface area contributed by atoms with Gasteiger partial charge in [0, 0.05) is 5.69 Å². The summed E-state index contributed by atoms with van der Waals surface area (Å²) in [6.45, 7) is 10.1. The number of morpholine rings is 1. The molecule has 0 spiro atoms. The van der Waals surface area contributed by atoms with Gasteiger partial charge in [0.1, 0.15) is 13.1 Å². The van der Waals surface area contributed by atoms with Gasteiger partial charge in [0.2, 0.25) is 0 Å². The molecule has 5 heteroatoms. The van der Waals surface area contributed by atoms with E-state index >= 15 is 0 Å². The monoisotopic (exact) mass is 294 g/mol. The number of benzene rings is 1. The van der Waals surface area contributed by atoms with E-state index in [0.29, 0.717) is 5.11 Å². The van der Waals surface area contributed by atoms with E-state index in [9.17, 15) is 0 Å². The summed E-state index contributed by atoms with van der Waals surface area (Å²) in [4.78, 5) is 1.58. The Bertz CT molecular complexity index is 458. The first-order valence-electron chi connectivity index (χ1n) is 7.18. The molecule has 1 heterocycles. The minimum atomic E-state index is 0.700. The predicted molar refractivity (Wildman–Crippen MR) is 86.5 cm³/mol. The lowest BCUT2D eigenvalue weighted by atomic mass is 10.1. The highest BCUT2D eigenvalue weighted by Crippen LogP contribution is 2.15. The molecule has 0 bridgehead atoms. The molecule has 4 nitrogen and oxygen atoms in total. The first-order chi connectivity index (χ1) is 9.65. The van der Waals surface area contributed by atoms with Crippen LogP contribution in [0.15, 0.2) is 18.2 Å². The van der Waals surface area contributed by atoms with Crippen LogP contribution in [0.5, 0.6) is 0 Å². The zero-order valence-corrected chi connectivity index (χ0v) is 13.1. The average molecular weight is 294 g/mol. The molecule has 0 atom stereocenters. The van der Waals surface area contributed by atoms with Crippen molar-refractivity contribution in [2.75, 3.05) is 44.7 Å². The zero-order chi connectivity index (χ0) is 14.4. The summed E-state index contributed by atoms with van der Waals surface area (Å²) in [5.41, 5.74) is 3.53. The normalized spacial score (nSPS) is 15.9. The number of quaternary nitrogens is 1. The summed E-state index contributed by atoms with van der Waals surface area (Å²) in [7, 11) is 0. The number of nitrogens with one attached hydrogen (secondary N) is 3. The van der Waals surface area contributed by atoms with E-state index in [4.69, 9.17) is 17.0 Å². The van der Waals surface area contributed by atoms with Gasteiger partial charge in [-0.25, -0.2) is 0 Å². The first-order valence-corrected chi connectivity index (χ1v) is 7.59. The van der Waals surface area contributed by atoms with E-state index in [1.54, 1.807) is 4.90 Å². The molecule has 0 unspecified atom stereocenters. The highest BCUT2D eigenvalue weighted by Gasteiger charge is 2.12. The largest absolute Gasteiger partial charge is 0.370 e. The molecule has 1 aliphatic rings. The number of hydrogen-bond donors (Lipinski definition) is 3. The second-order valence-electron chi connectivity index (χ2n) is 5.31. The number of rotatable bonds is 4. The number of anilines is 1. The van der Waals surface area contributed by atoms with E-state index < -0.39 is 0 Å². The number of ether oxygens (including phenoxy) is 1. The molecular formula is C15H24N3OS+. The Hall–Kier alpha value is -1.17. The summed E-state index contributed by atoms with van der Waals surface area (Å²) >= 11 is 5.35. The topological polar surface area (TPSA) is 37.7 Å². The van der Waals surface area contributed by atoms with Crippen molar-refractivity contribution in [1.29, 1.82) is 0 Å².